The highest BCUT2D eigenvalue weighted by Crippen LogP contribution is 2.44. The highest BCUT2D eigenvalue weighted by Gasteiger charge is 2.46. The largest absolute Gasteiger partial charge is 0.368 e. The number of aliphatic imine (C=N–C) groups is 2. The number of nitrogens with one attached hydrogen (secondary N) is 2. The van der Waals surface area contributed by atoms with Gasteiger partial charge in [0.1, 0.15) is 17.3 Å². The molecule has 1 saturated heterocycles. The van der Waals surface area contributed by atoms with Crippen molar-refractivity contribution in [1.29, 1.82) is 0 Å². The molecule has 0 unspecified atom stereocenters. The minimum atomic E-state index is 0.0452. The molecule has 1 saturated carbocycles. The van der Waals surface area contributed by atoms with Gasteiger partial charge in [0.25, 0.3) is 0 Å². The molecule has 4 aliphatic rings. The monoisotopic (exact) mass is 417 g/mol. The van der Waals surface area contributed by atoms with Gasteiger partial charge < -0.3 is 15.5 Å². The van der Waals surface area contributed by atoms with Gasteiger partial charge in [-0.05, 0) is 25.0 Å². The van der Waals surface area contributed by atoms with Crippen LogP contribution in [0.4, 0.5) is 29.0 Å². The number of fused-ring (bicyclic) bond motifs is 4. The highest BCUT2D eigenvalue weighted by molar-refractivity contribution is 6.39. The maximum Gasteiger partial charge on any atom is 0.230 e. The number of pyridine rings is 1. The first-order valence-corrected chi connectivity index (χ1v) is 11.3. The molecule has 6 rings (SSSR count). The molecule has 9 nitrogen and oxygen atoms in total. The van der Waals surface area contributed by atoms with Crippen molar-refractivity contribution >= 4 is 41.0 Å². The number of anilines is 4. The van der Waals surface area contributed by atoms with E-state index in [2.05, 4.69) is 41.5 Å². The van der Waals surface area contributed by atoms with Crippen molar-refractivity contribution in [3.8, 4) is 0 Å². The fourth-order valence-corrected chi connectivity index (χ4v) is 5.13. The molecular formula is C22H27N9. The lowest BCUT2D eigenvalue weighted by molar-refractivity contribution is 0.317. The van der Waals surface area contributed by atoms with E-state index < -0.39 is 0 Å². The Hall–Kier alpha value is -3.07. The van der Waals surface area contributed by atoms with Crippen molar-refractivity contribution in [2.75, 3.05) is 47.8 Å². The molecule has 5 heterocycles. The molecule has 0 atom stereocenters. The van der Waals surface area contributed by atoms with Crippen LogP contribution < -0.4 is 20.4 Å². The number of hydrogen-bond acceptors (Lipinski definition) is 9. The third kappa shape index (κ3) is 3.33. The van der Waals surface area contributed by atoms with Crippen molar-refractivity contribution < 1.29 is 0 Å². The summed E-state index contributed by atoms with van der Waals surface area (Å²) in [6.45, 7) is 4.85. The fraction of sp³-hybridized carbons (Fsp3) is 0.500. The third-order valence-electron chi connectivity index (χ3n) is 6.77. The molecule has 0 amide bonds. The van der Waals surface area contributed by atoms with E-state index in [9.17, 15) is 0 Å². The minimum Gasteiger partial charge on any atom is -0.368 e. The molecule has 0 bridgehead atoms. The van der Waals surface area contributed by atoms with E-state index in [0.29, 0.717) is 5.95 Å². The number of rotatable bonds is 3. The van der Waals surface area contributed by atoms with Gasteiger partial charge in [0.15, 0.2) is 5.82 Å². The van der Waals surface area contributed by atoms with Gasteiger partial charge in [0.05, 0.1) is 36.4 Å². The summed E-state index contributed by atoms with van der Waals surface area (Å²) in [5, 5.41) is 6.65. The molecule has 2 aromatic heterocycles. The Bertz CT molecular complexity index is 1020. The van der Waals surface area contributed by atoms with E-state index in [1.165, 1.54) is 19.3 Å². The second-order valence-corrected chi connectivity index (χ2v) is 8.72. The normalized spacial score (nSPS) is 21.6. The molecule has 2 N–H and O–H groups in total. The van der Waals surface area contributed by atoms with Gasteiger partial charge in [-0.1, -0.05) is 19.3 Å². The molecule has 0 radical (unpaired) electrons. The second-order valence-electron chi connectivity index (χ2n) is 8.72. The van der Waals surface area contributed by atoms with Gasteiger partial charge in [-0.15, -0.1) is 0 Å². The van der Waals surface area contributed by atoms with Gasteiger partial charge in [0.2, 0.25) is 5.95 Å². The average molecular weight is 418 g/mol. The van der Waals surface area contributed by atoms with Crippen LogP contribution in [0.25, 0.3) is 0 Å². The average Bonchev–Trinajstić information content (AvgIpc) is 3.19. The Kier molecular flexibility index (Phi) is 4.56. The van der Waals surface area contributed by atoms with Crippen LogP contribution in [0.5, 0.6) is 0 Å². The lowest BCUT2D eigenvalue weighted by Crippen LogP contribution is -2.52. The summed E-state index contributed by atoms with van der Waals surface area (Å²) in [5.41, 5.74) is 1.99. The zero-order valence-corrected chi connectivity index (χ0v) is 17.6. The van der Waals surface area contributed by atoms with E-state index in [-0.39, 0.29) is 5.54 Å². The molecule has 3 aliphatic heterocycles. The maximum atomic E-state index is 4.86. The Morgan fingerprint density at radius 1 is 1.00 bits per heavy atom. The van der Waals surface area contributed by atoms with Crippen molar-refractivity contribution in [1.82, 2.24) is 20.3 Å². The highest BCUT2D eigenvalue weighted by atomic mass is 15.4. The van der Waals surface area contributed by atoms with E-state index in [1.54, 1.807) is 6.20 Å². The van der Waals surface area contributed by atoms with Crippen molar-refractivity contribution in [3.63, 3.8) is 0 Å². The smallest absolute Gasteiger partial charge is 0.230 e. The fourth-order valence-electron chi connectivity index (χ4n) is 5.13. The second kappa shape index (κ2) is 7.56. The van der Waals surface area contributed by atoms with Gasteiger partial charge in [-0.2, -0.15) is 4.98 Å². The van der Waals surface area contributed by atoms with Crippen LogP contribution in [0, 0.1) is 0 Å². The van der Waals surface area contributed by atoms with Gasteiger partial charge in [0, 0.05) is 26.2 Å². The Morgan fingerprint density at radius 3 is 2.68 bits per heavy atom. The lowest BCUT2D eigenvalue weighted by Gasteiger charge is -2.42. The van der Waals surface area contributed by atoms with Crippen LogP contribution in [-0.2, 0) is 0 Å². The SMILES string of the molecule is C1=Nc2cnc(Nc3ccc(N4CCNCC4)cn3)nc2N2C1=NCC21CCCCC1. The van der Waals surface area contributed by atoms with Crippen molar-refractivity contribution in [3.05, 3.63) is 24.5 Å². The summed E-state index contributed by atoms with van der Waals surface area (Å²) < 4.78 is 0. The van der Waals surface area contributed by atoms with Crippen LogP contribution in [0.15, 0.2) is 34.5 Å². The Labute approximate surface area is 181 Å². The number of aromatic nitrogens is 3. The number of piperazine rings is 1. The van der Waals surface area contributed by atoms with Crippen LogP contribution in [-0.4, -0.2) is 65.3 Å². The quantitative estimate of drug-likeness (QED) is 0.793. The maximum absolute atomic E-state index is 4.86. The predicted octanol–water partition coefficient (Wildman–Crippen LogP) is 2.66. The molecule has 160 valence electrons. The molecule has 1 spiro atoms. The minimum absolute atomic E-state index is 0.0452. The Balaban J connectivity index is 1.25. The molecule has 1 aliphatic carbocycles. The molecule has 0 aromatic carbocycles. The van der Waals surface area contributed by atoms with E-state index in [1.807, 2.05) is 18.5 Å². The van der Waals surface area contributed by atoms with E-state index in [0.717, 1.165) is 74.4 Å². The lowest BCUT2D eigenvalue weighted by atomic mass is 9.80. The summed E-state index contributed by atoms with van der Waals surface area (Å²) in [4.78, 5) is 27.9. The first-order valence-electron chi connectivity index (χ1n) is 11.3. The van der Waals surface area contributed by atoms with Gasteiger partial charge >= 0.3 is 0 Å². The number of nitrogens with zero attached hydrogens (tertiary/aromatic N) is 7. The zero-order valence-electron chi connectivity index (χ0n) is 17.6. The van der Waals surface area contributed by atoms with Gasteiger partial charge in [-0.3, -0.25) is 9.89 Å². The van der Waals surface area contributed by atoms with Crippen LogP contribution in [0.1, 0.15) is 32.1 Å². The Morgan fingerprint density at radius 2 is 1.87 bits per heavy atom. The summed E-state index contributed by atoms with van der Waals surface area (Å²) in [6.07, 6.45) is 11.7. The van der Waals surface area contributed by atoms with Crippen LogP contribution >= 0.6 is 0 Å². The number of amidine groups is 1. The summed E-state index contributed by atoms with van der Waals surface area (Å²) in [5.74, 6) is 3.06. The van der Waals surface area contributed by atoms with Gasteiger partial charge in [-0.25, -0.2) is 15.0 Å². The summed E-state index contributed by atoms with van der Waals surface area (Å²) >= 11 is 0. The topological polar surface area (TPSA) is 93.9 Å². The molecular weight excluding hydrogens is 390 g/mol. The van der Waals surface area contributed by atoms with Crippen LogP contribution in [0.3, 0.4) is 0 Å². The van der Waals surface area contributed by atoms with E-state index in [4.69, 9.17) is 9.98 Å². The van der Waals surface area contributed by atoms with Crippen LogP contribution in [0.2, 0.25) is 0 Å². The standard InChI is InChI=1S/C22H27N9/c1-2-6-22(7-3-1)15-27-19-14-24-17-13-26-21(29-20(17)31(19)22)28-18-5-4-16(12-25-18)30-10-8-23-9-11-30/h4-5,12-14,23H,1-3,6-11,15H2,(H,25,26,28,29). The molecule has 31 heavy (non-hydrogen) atoms. The zero-order chi connectivity index (χ0) is 20.7. The number of hydrogen-bond donors (Lipinski definition) is 2. The van der Waals surface area contributed by atoms with Crippen molar-refractivity contribution in [2.45, 2.75) is 37.6 Å². The summed E-state index contributed by atoms with van der Waals surface area (Å²) in [6, 6.07) is 4.09. The van der Waals surface area contributed by atoms with Crippen molar-refractivity contribution in [2.24, 2.45) is 9.98 Å². The predicted molar refractivity (Wildman–Crippen MR) is 123 cm³/mol. The third-order valence-corrected chi connectivity index (χ3v) is 6.77. The first-order chi connectivity index (χ1) is 15.3. The summed E-state index contributed by atoms with van der Waals surface area (Å²) in [7, 11) is 0. The molecule has 2 aromatic rings. The first kappa shape index (κ1) is 18.7. The molecule has 2 fully saturated rings. The molecule has 9 heteroatoms. The van der Waals surface area contributed by atoms with E-state index >= 15 is 0 Å².